The Balaban J connectivity index is 3.35. The Labute approximate surface area is 84.2 Å². The van der Waals surface area contributed by atoms with E-state index in [1.807, 2.05) is 0 Å². The summed E-state index contributed by atoms with van der Waals surface area (Å²) in [6, 6.07) is 4.76. The normalized spacial score (nSPS) is 12.2. The summed E-state index contributed by atoms with van der Waals surface area (Å²) in [5.41, 5.74) is 0.724. The van der Waals surface area contributed by atoms with Gasteiger partial charge in [-0.15, -0.1) is 0 Å². The zero-order valence-corrected chi connectivity index (χ0v) is 8.63. The predicted molar refractivity (Wildman–Crippen MR) is 51.6 cm³/mol. The third-order valence-electron chi connectivity index (χ3n) is 1.79. The van der Waals surface area contributed by atoms with Crippen LogP contribution in [0.3, 0.4) is 0 Å². The van der Waals surface area contributed by atoms with Gasteiger partial charge in [0.1, 0.15) is 0 Å². The maximum atomic E-state index is 11.2. The molecule has 1 aromatic rings. The van der Waals surface area contributed by atoms with Gasteiger partial charge in [0, 0.05) is 0 Å². The summed E-state index contributed by atoms with van der Waals surface area (Å²) >= 11 is -2.18. The van der Waals surface area contributed by atoms with Crippen LogP contribution >= 0.6 is 0 Å². The molecular formula is C9H10O4S. The van der Waals surface area contributed by atoms with Crippen LogP contribution in [0.15, 0.2) is 23.1 Å². The molecule has 0 saturated carbocycles. The minimum absolute atomic E-state index is 0.111. The Morgan fingerprint density at radius 1 is 1.50 bits per heavy atom. The molecule has 1 aromatic carbocycles. The summed E-state index contributed by atoms with van der Waals surface area (Å²) in [6.45, 7) is 1.66. The number of hydrogen-bond acceptors (Lipinski definition) is 3. The molecule has 0 aliphatic carbocycles. The summed E-state index contributed by atoms with van der Waals surface area (Å²) in [5, 5.41) is 0. The first kappa shape index (κ1) is 10.9. The lowest BCUT2D eigenvalue weighted by Crippen LogP contribution is -2.08. The molecule has 4 nitrogen and oxygen atoms in total. The van der Waals surface area contributed by atoms with Crippen LogP contribution in [0.1, 0.15) is 15.9 Å². The number of ether oxygens (including phenoxy) is 1. The summed E-state index contributed by atoms with van der Waals surface area (Å²) in [6.07, 6.45) is 0. The molecule has 0 fully saturated rings. The third-order valence-corrected chi connectivity index (χ3v) is 2.68. The lowest BCUT2D eigenvalue weighted by Gasteiger charge is -2.06. The molecule has 0 saturated heterocycles. The third kappa shape index (κ3) is 2.00. The van der Waals surface area contributed by atoms with Crippen LogP contribution in [-0.4, -0.2) is 21.8 Å². The largest absolute Gasteiger partial charge is 0.465 e. The number of hydrogen-bond donors (Lipinski definition) is 1. The first-order valence-corrected chi connectivity index (χ1v) is 4.97. The van der Waals surface area contributed by atoms with Gasteiger partial charge in [-0.05, 0) is 18.6 Å². The number of methoxy groups -OCH3 is 1. The molecular weight excluding hydrogens is 204 g/mol. The molecule has 1 atom stereocenters. The average Bonchev–Trinajstić information content (AvgIpc) is 2.15. The molecule has 5 heteroatoms. The molecule has 0 amide bonds. The van der Waals surface area contributed by atoms with Gasteiger partial charge >= 0.3 is 5.97 Å². The highest BCUT2D eigenvalue weighted by Gasteiger charge is 2.17. The summed E-state index contributed by atoms with van der Waals surface area (Å²) in [7, 11) is 1.23. The van der Waals surface area contributed by atoms with Crippen molar-refractivity contribution in [3.63, 3.8) is 0 Å². The second-order valence-corrected chi connectivity index (χ2v) is 3.60. The molecule has 1 rings (SSSR count). The van der Waals surface area contributed by atoms with E-state index in [2.05, 4.69) is 4.74 Å². The van der Waals surface area contributed by atoms with Crippen molar-refractivity contribution in [2.75, 3.05) is 7.11 Å². The minimum atomic E-state index is -2.18. The standard InChI is InChI=1S/C9H10O4S/c1-6-4-3-5-7(9(10)13-2)8(6)14(11)12/h3-5H,1-2H3,(H,11,12). The number of rotatable bonds is 2. The van der Waals surface area contributed by atoms with Crippen molar-refractivity contribution < 1.29 is 18.3 Å². The zero-order chi connectivity index (χ0) is 10.7. The van der Waals surface area contributed by atoms with E-state index in [9.17, 15) is 9.00 Å². The number of aryl methyl sites for hydroxylation is 1. The van der Waals surface area contributed by atoms with Crippen LogP contribution in [0, 0.1) is 6.92 Å². The Bertz CT molecular complexity index is 386. The van der Waals surface area contributed by atoms with Crippen molar-refractivity contribution in [3.8, 4) is 0 Å². The fourth-order valence-corrected chi connectivity index (χ4v) is 1.84. The lowest BCUT2D eigenvalue weighted by molar-refractivity contribution is 0.0596. The van der Waals surface area contributed by atoms with E-state index in [0.29, 0.717) is 5.56 Å². The number of esters is 1. The number of carbonyl (C=O) groups is 1. The Kier molecular flexibility index (Phi) is 3.38. The van der Waals surface area contributed by atoms with Crippen LogP contribution in [0.25, 0.3) is 0 Å². The van der Waals surface area contributed by atoms with Gasteiger partial charge in [-0.3, -0.25) is 0 Å². The fraction of sp³-hybridized carbons (Fsp3) is 0.222. The van der Waals surface area contributed by atoms with Crippen LogP contribution < -0.4 is 0 Å². The topological polar surface area (TPSA) is 63.6 Å². The van der Waals surface area contributed by atoms with Crippen LogP contribution in [0.2, 0.25) is 0 Å². The molecule has 0 aliphatic rings. The Hall–Kier alpha value is -1.20. The lowest BCUT2D eigenvalue weighted by atomic mass is 10.1. The van der Waals surface area contributed by atoms with Crippen molar-refractivity contribution in [2.24, 2.45) is 0 Å². The monoisotopic (exact) mass is 214 g/mol. The van der Waals surface area contributed by atoms with E-state index in [4.69, 9.17) is 4.55 Å². The van der Waals surface area contributed by atoms with Crippen molar-refractivity contribution >= 4 is 17.0 Å². The number of benzene rings is 1. The van der Waals surface area contributed by atoms with E-state index in [1.165, 1.54) is 13.2 Å². The maximum absolute atomic E-state index is 11.2. The van der Waals surface area contributed by atoms with Gasteiger partial charge in [0.25, 0.3) is 0 Å². The van der Waals surface area contributed by atoms with Crippen molar-refractivity contribution in [2.45, 2.75) is 11.8 Å². The molecule has 14 heavy (non-hydrogen) atoms. The molecule has 76 valence electrons. The summed E-state index contributed by atoms with van der Waals surface area (Å²) in [4.78, 5) is 11.3. The Morgan fingerprint density at radius 3 is 2.64 bits per heavy atom. The van der Waals surface area contributed by atoms with Gasteiger partial charge in [0.05, 0.1) is 17.6 Å². The first-order chi connectivity index (χ1) is 6.57. The zero-order valence-electron chi connectivity index (χ0n) is 7.81. The smallest absolute Gasteiger partial charge is 0.339 e. The highest BCUT2D eigenvalue weighted by atomic mass is 32.2. The van der Waals surface area contributed by atoms with Gasteiger partial charge in [0.2, 0.25) is 0 Å². The molecule has 0 bridgehead atoms. The number of carbonyl (C=O) groups excluding carboxylic acids is 1. The predicted octanol–water partition coefficient (Wildman–Crippen LogP) is 1.36. The molecule has 0 radical (unpaired) electrons. The SMILES string of the molecule is COC(=O)c1cccc(C)c1S(=O)O. The molecule has 1 unspecified atom stereocenters. The average molecular weight is 214 g/mol. The summed E-state index contributed by atoms with van der Waals surface area (Å²) in [5.74, 6) is -0.605. The van der Waals surface area contributed by atoms with Gasteiger partial charge in [-0.2, -0.15) is 0 Å². The van der Waals surface area contributed by atoms with E-state index in [1.54, 1.807) is 19.1 Å². The highest BCUT2D eigenvalue weighted by molar-refractivity contribution is 7.79. The van der Waals surface area contributed by atoms with Crippen LogP contribution in [-0.2, 0) is 15.8 Å². The van der Waals surface area contributed by atoms with Gasteiger partial charge < -0.3 is 9.29 Å². The van der Waals surface area contributed by atoms with Crippen LogP contribution in [0.5, 0.6) is 0 Å². The second-order valence-electron chi connectivity index (χ2n) is 2.69. The minimum Gasteiger partial charge on any atom is -0.465 e. The maximum Gasteiger partial charge on any atom is 0.339 e. The molecule has 1 N–H and O–H groups in total. The molecule has 0 aliphatic heterocycles. The van der Waals surface area contributed by atoms with Gasteiger partial charge in [-0.25, -0.2) is 9.00 Å². The summed E-state index contributed by atoms with van der Waals surface area (Å²) < 4.78 is 24.5. The highest BCUT2D eigenvalue weighted by Crippen LogP contribution is 2.18. The molecule has 0 heterocycles. The first-order valence-electron chi connectivity index (χ1n) is 3.86. The van der Waals surface area contributed by atoms with Crippen molar-refractivity contribution in [1.82, 2.24) is 0 Å². The van der Waals surface area contributed by atoms with E-state index in [0.717, 1.165) is 0 Å². The van der Waals surface area contributed by atoms with Crippen molar-refractivity contribution in [1.29, 1.82) is 0 Å². The second kappa shape index (κ2) is 4.34. The Morgan fingerprint density at radius 2 is 2.14 bits per heavy atom. The van der Waals surface area contributed by atoms with Crippen LogP contribution in [0.4, 0.5) is 0 Å². The van der Waals surface area contributed by atoms with Gasteiger partial charge in [0.15, 0.2) is 11.1 Å². The quantitative estimate of drug-likeness (QED) is 0.596. The fourth-order valence-electron chi connectivity index (χ4n) is 1.15. The van der Waals surface area contributed by atoms with Gasteiger partial charge in [-0.1, -0.05) is 12.1 Å². The van der Waals surface area contributed by atoms with E-state index >= 15 is 0 Å². The van der Waals surface area contributed by atoms with E-state index < -0.39 is 17.0 Å². The molecule has 0 spiro atoms. The van der Waals surface area contributed by atoms with Crippen molar-refractivity contribution in [3.05, 3.63) is 29.3 Å². The molecule has 0 aromatic heterocycles. The van der Waals surface area contributed by atoms with E-state index in [-0.39, 0.29) is 10.5 Å².